The highest BCUT2D eigenvalue weighted by Gasteiger charge is 2.01. The molecule has 0 saturated carbocycles. The van der Waals surface area contributed by atoms with Crippen LogP contribution in [0.15, 0.2) is 43.0 Å². The summed E-state index contributed by atoms with van der Waals surface area (Å²) in [4.78, 5) is 23.6. The summed E-state index contributed by atoms with van der Waals surface area (Å²) in [6, 6.07) is 5.50. The van der Waals surface area contributed by atoms with Crippen LogP contribution in [0.1, 0.15) is 12.0 Å². The smallest absolute Gasteiger partial charge is 0.222 e. The molecule has 0 aromatic carbocycles. The summed E-state index contributed by atoms with van der Waals surface area (Å²) in [5.74, 6) is 0.509. The van der Waals surface area contributed by atoms with Gasteiger partial charge in [-0.05, 0) is 17.7 Å². The molecule has 0 bridgehead atoms. The number of pyridine rings is 1. The molecule has 0 radical (unpaired) electrons. The van der Waals surface area contributed by atoms with Crippen LogP contribution >= 0.6 is 0 Å². The van der Waals surface area contributed by atoms with Crippen molar-refractivity contribution in [1.29, 1.82) is 0 Å². The Hall–Kier alpha value is -2.50. The van der Waals surface area contributed by atoms with Crippen molar-refractivity contribution >= 4 is 11.9 Å². The third-order valence-electron chi connectivity index (χ3n) is 2.41. The second-order valence-corrected chi connectivity index (χ2v) is 3.89. The van der Waals surface area contributed by atoms with Crippen LogP contribution in [0.5, 0.6) is 0 Å². The second kappa shape index (κ2) is 7.05. The first-order chi connectivity index (χ1) is 9.34. The van der Waals surface area contributed by atoms with Gasteiger partial charge in [-0.3, -0.25) is 9.78 Å². The fourth-order valence-electron chi connectivity index (χ4n) is 1.47. The number of nitrogens with one attached hydrogen (secondary N) is 2. The van der Waals surface area contributed by atoms with Crippen LogP contribution in [-0.2, 0) is 11.3 Å². The van der Waals surface area contributed by atoms with Gasteiger partial charge < -0.3 is 10.6 Å². The van der Waals surface area contributed by atoms with Gasteiger partial charge in [0.1, 0.15) is 0 Å². The molecule has 98 valence electrons. The Bertz CT molecular complexity index is 503. The van der Waals surface area contributed by atoms with Crippen molar-refractivity contribution in [1.82, 2.24) is 20.3 Å². The first-order valence-corrected chi connectivity index (χ1v) is 6.01. The summed E-state index contributed by atoms with van der Waals surface area (Å²) >= 11 is 0. The van der Waals surface area contributed by atoms with Crippen LogP contribution in [0.25, 0.3) is 0 Å². The Labute approximate surface area is 111 Å². The summed E-state index contributed by atoms with van der Waals surface area (Å²) in [6.45, 7) is 0.997. The number of hydrogen-bond donors (Lipinski definition) is 2. The fraction of sp³-hybridized carbons (Fsp3) is 0.231. The van der Waals surface area contributed by atoms with Gasteiger partial charge in [0, 0.05) is 44.3 Å². The largest absolute Gasteiger partial charge is 0.354 e. The molecule has 0 spiro atoms. The Balaban J connectivity index is 1.65. The molecule has 0 aliphatic heterocycles. The van der Waals surface area contributed by atoms with Crippen LogP contribution in [0.2, 0.25) is 0 Å². The Morgan fingerprint density at radius 2 is 2.00 bits per heavy atom. The summed E-state index contributed by atoms with van der Waals surface area (Å²) in [7, 11) is 0. The van der Waals surface area contributed by atoms with Gasteiger partial charge in [0.2, 0.25) is 11.9 Å². The number of anilines is 1. The highest BCUT2D eigenvalue weighted by molar-refractivity contribution is 5.76. The van der Waals surface area contributed by atoms with Crippen LogP contribution in [0.3, 0.4) is 0 Å². The van der Waals surface area contributed by atoms with Gasteiger partial charge in [-0.25, -0.2) is 9.97 Å². The molecular weight excluding hydrogens is 242 g/mol. The van der Waals surface area contributed by atoms with Crippen LogP contribution in [-0.4, -0.2) is 27.4 Å². The fourth-order valence-corrected chi connectivity index (χ4v) is 1.47. The highest BCUT2D eigenvalue weighted by atomic mass is 16.1. The molecule has 1 amide bonds. The van der Waals surface area contributed by atoms with Gasteiger partial charge >= 0.3 is 0 Å². The standard InChI is InChI=1S/C13H15N5O/c19-12(18-10-11-3-1-5-14-9-11)4-8-17-13-15-6-2-7-16-13/h1-3,5-7,9H,4,8,10H2,(H,18,19)(H,15,16,17). The van der Waals surface area contributed by atoms with Crippen molar-refractivity contribution < 1.29 is 4.79 Å². The molecule has 2 N–H and O–H groups in total. The van der Waals surface area contributed by atoms with Crippen molar-refractivity contribution in [3.63, 3.8) is 0 Å². The lowest BCUT2D eigenvalue weighted by Crippen LogP contribution is -2.25. The van der Waals surface area contributed by atoms with Crippen molar-refractivity contribution in [2.45, 2.75) is 13.0 Å². The molecule has 6 heteroatoms. The molecule has 0 unspecified atom stereocenters. The van der Waals surface area contributed by atoms with E-state index in [9.17, 15) is 4.79 Å². The molecule has 0 fully saturated rings. The van der Waals surface area contributed by atoms with Crippen LogP contribution < -0.4 is 10.6 Å². The first-order valence-electron chi connectivity index (χ1n) is 6.01. The highest BCUT2D eigenvalue weighted by Crippen LogP contribution is 1.96. The van der Waals surface area contributed by atoms with E-state index in [4.69, 9.17) is 0 Å². The molecule has 2 aromatic rings. The van der Waals surface area contributed by atoms with Gasteiger partial charge in [0.05, 0.1) is 0 Å². The Kier molecular flexibility index (Phi) is 4.80. The lowest BCUT2D eigenvalue weighted by atomic mass is 10.3. The van der Waals surface area contributed by atoms with E-state index in [1.807, 2.05) is 12.1 Å². The number of nitrogens with zero attached hydrogens (tertiary/aromatic N) is 3. The zero-order chi connectivity index (χ0) is 13.3. The van der Waals surface area contributed by atoms with Gasteiger partial charge in [-0.15, -0.1) is 0 Å². The Morgan fingerprint density at radius 1 is 1.16 bits per heavy atom. The number of hydrogen-bond acceptors (Lipinski definition) is 5. The number of carbonyl (C=O) groups excluding carboxylic acids is 1. The molecule has 2 rings (SSSR count). The summed E-state index contributed by atoms with van der Waals surface area (Å²) in [6.07, 6.45) is 7.11. The van der Waals surface area contributed by atoms with Gasteiger partial charge in [0.25, 0.3) is 0 Å². The van der Waals surface area contributed by atoms with Crippen LogP contribution in [0, 0.1) is 0 Å². The van der Waals surface area contributed by atoms with Gasteiger partial charge in [-0.1, -0.05) is 6.07 Å². The van der Waals surface area contributed by atoms with Crippen molar-refractivity contribution in [3.05, 3.63) is 48.5 Å². The topological polar surface area (TPSA) is 79.8 Å². The lowest BCUT2D eigenvalue weighted by molar-refractivity contribution is -0.121. The number of aromatic nitrogens is 3. The molecule has 2 aromatic heterocycles. The van der Waals surface area contributed by atoms with E-state index < -0.39 is 0 Å². The molecule has 0 aliphatic carbocycles. The maximum Gasteiger partial charge on any atom is 0.222 e. The number of amides is 1. The molecular formula is C13H15N5O. The van der Waals surface area contributed by atoms with E-state index in [1.54, 1.807) is 30.9 Å². The normalized spacial score (nSPS) is 9.89. The first kappa shape index (κ1) is 12.9. The predicted octanol–water partition coefficient (Wildman–Crippen LogP) is 0.990. The minimum absolute atomic E-state index is 0.0210. The Morgan fingerprint density at radius 3 is 2.74 bits per heavy atom. The second-order valence-electron chi connectivity index (χ2n) is 3.89. The SMILES string of the molecule is O=C(CCNc1ncccn1)NCc1cccnc1. The van der Waals surface area contributed by atoms with E-state index in [0.29, 0.717) is 25.5 Å². The van der Waals surface area contributed by atoms with E-state index in [2.05, 4.69) is 25.6 Å². The van der Waals surface area contributed by atoms with Gasteiger partial charge in [0.15, 0.2) is 0 Å². The van der Waals surface area contributed by atoms with E-state index in [0.717, 1.165) is 5.56 Å². The van der Waals surface area contributed by atoms with Crippen molar-refractivity contribution in [2.24, 2.45) is 0 Å². The maximum atomic E-state index is 11.6. The monoisotopic (exact) mass is 257 g/mol. The number of carbonyl (C=O) groups is 1. The zero-order valence-corrected chi connectivity index (χ0v) is 10.4. The van der Waals surface area contributed by atoms with E-state index in [1.165, 1.54) is 0 Å². The third kappa shape index (κ3) is 4.71. The average molecular weight is 257 g/mol. The van der Waals surface area contributed by atoms with Crippen molar-refractivity contribution in [2.75, 3.05) is 11.9 Å². The quantitative estimate of drug-likeness (QED) is 0.806. The molecule has 6 nitrogen and oxygen atoms in total. The molecule has 0 atom stereocenters. The number of rotatable bonds is 6. The summed E-state index contributed by atoms with van der Waals surface area (Å²) in [5.41, 5.74) is 0.982. The summed E-state index contributed by atoms with van der Waals surface area (Å²) in [5, 5.41) is 5.80. The summed E-state index contributed by atoms with van der Waals surface area (Å²) < 4.78 is 0. The minimum Gasteiger partial charge on any atom is -0.354 e. The third-order valence-corrected chi connectivity index (χ3v) is 2.41. The molecule has 19 heavy (non-hydrogen) atoms. The zero-order valence-electron chi connectivity index (χ0n) is 10.4. The van der Waals surface area contributed by atoms with E-state index >= 15 is 0 Å². The van der Waals surface area contributed by atoms with Gasteiger partial charge in [-0.2, -0.15) is 0 Å². The molecule has 0 saturated heterocycles. The predicted molar refractivity (Wildman–Crippen MR) is 71.2 cm³/mol. The molecule has 0 aliphatic rings. The molecule has 2 heterocycles. The van der Waals surface area contributed by atoms with E-state index in [-0.39, 0.29) is 5.91 Å². The average Bonchev–Trinajstić information content (AvgIpc) is 2.47. The van der Waals surface area contributed by atoms with Crippen LogP contribution in [0.4, 0.5) is 5.95 Å². The maximum absolute atomic E-state index is 11.6. The minimum atomic E-state index is -0.0210. The lowest BCUT2D eigenvalue weighted by Gasteiger charge is -2.06. The van der Waals surface area contributed by atoms with Crippen molar-refractivity contribution in [3.8, 4) is 0 Å².